The molecule has 18 heavy (non-hydrogen) atoms. The molecule has 3 N–H and O–H groups in total. The summed E-state index contributed by atoms with van der Waals surface area (Å²) in [7, 11) is 0. The summed E-state index contributed by atoms with van der Waals surface area (Å²) < 4.78 is 1.27. The van der Waals surface area contributed by atoms with Gasteiger partial charge in [-0.05, 0) is 20.8 Å². The zero-order valence-corrected chi connectivity index (χ0v) is 11.4. The summed E-state index contributed by atoms with van der Waals surface area (Å²) in [4.78, 5) is 11.9. The number of nitrogens with zero attached hydrogens (tertiary/aromatic N) is 2. The number of hydrogen-bond acceptors (Lipinski definition) is 5. The van der Waals surface area contributed by atoms with Crippen LogP contribution in [0.15, 0.2) is 11.0 Å². The first-order chi connectivity index (χ1) is 8.34. The molecule has 1 rings (SSSR count). The lowest BCUT2D eigenvalue weighted by molar-refractivity contribution is 0.147. The molecule has 0 unspecified atom stereocenters. The first-order valence-electron chi connectivity index (χ1n) is 5.62. The molecular weight excluding hydrogens is 258 g/mol. The van der Waals surface area contributed by atoms with Crippen molar-refractivity contribution in [3.05, 3.63) is 21.6 Å². The molecule has 0 aliphatic carbocycles. The molecule has 0 fully saturated rings. The number of aromatic nitrogens is 2. The van der Waals surface area contributed by atoms with Gasteiger partial charge >= 0.3 is 0 Å². The highest BCUT2D eigenvalue weighted by Crippen LogP contribution is 2.20. The van der Waals surface area contributed by atoms with E-state index < -0.39 is 11.1 Å². The summed E-state index contributed by atoms with van der Waals surface area (Å²) in [5.74, 6) is 0. The van der Waals surface area contributed by atoms with Gasteiger partial charge in [-0.2, -0.15) is 5.10 Å². The monoisotopic (exact) mass is 275 g/mol. The van der Waals surface area contributed by atoms with Gasteiger partial charge in [-0.25, -0.2) is 4.68 Å². The Hall–Kier alpha value is -1.11. The molecule has 0 spiro atoms. The number of rotatable bonds is 5. The summed E-state index contributed by atoms with van der Waals surface area (Å²) in [5.41, 5.74) is -1.07. The second kappa shape index (κ2) is 5.69. The maximum Gasteiger partial charge on any atom is 0.287 e. The van der Waals surface area contributed by atoms with E-state index in [2.05, 4.69) is 10.4 Å². The number of aliphatic hydroxyl groups excluding tert-OH is 2. The molecule has 0 saturated carbocycles. The molecule has 1 aromatic rings. The van der Waals surface area contributed by atoms with E-state index in [-0.39, 0.29) is 24.3 Å². The molecule has 1 aromatic heterocycles. The maximum absolute atomic E-state index is 11.9. The van der Waals surface area contributed by atoms with Gasteiger partial charge in [0.2, 0.25) is 0 Å². The highest BCUT2D eigenvalue weighted by Gasteiger charge is 2.24. The molecule has 0 radical (unpaired) electrons. The molecule has 0 aliphatic rings. The average Bonchev–Trinajstić information content (AvgIpc) is 2.34. The zero-order chi connectivity index (χ0) is 13.9. The summed E-state index contributed by atoms with van der Waals surface area (Å²) >= 11 is 5.96. The third-order valence-electron chi connectivity index (χ3n) is 2.57. The standard InChI is InChI=1S/C11H18ClN3O3/c1-7(2)15-10(18)9(12)8(4-13-15)14-11(3,5-16)6-17/h4,7,14,16-17H,5-6H2,1-3H3. The lowest BCUT2D eigenvalue weighted by atomic mass is 10.1. The van der Waals surface area contributed by atoms with Crippen LogP contribution in [0.1, 0.15) is 26.8 Å². The van der Waals surface area contributed by atoms with Crippen molar-refractivity contribution < 1.29 is 10.2 Å². The molecule has 0 amide bonds. The molecule has 102 valence electrons. The second-order valence-electron chi connectivity index (χ2n) is 4.72. The lowest BCUT2D eigenvalue weighted by Gasteiger charge is -2.27. The van der Waals surface area contributed by atoms with Crippen LogP contribution >= 0.6 is 11.6 Å². The van der Waals surface area contributed by atoms with Gasteiger partial charge in [0.15, 0.2) is 0 Å². The fourth-order valence-electron chi connectivity index (χ4n) is 1.35. The molecule has 0 aliphatic heterocycles. The van der Waals surface area contributed by atoms with E-state index in [1.807, 2.05) is 13.8 Å². The second-order valence-corrected chi connectivity index (χ2v) is 5.10. The predicted octanol–water partition coefficient (Wildman–Crippen LogP) is 0.633. The lowest BCUT2D eigenvalue weighted by Crippen LogP contribution is -2.43. The van der Waals surface area contributed by atoms with Crippen molar-refractivity contribution in [1.29, 1.82) is 0 Å². The smallest absolute Gasteiger partial charge is 0.287 e. The molecule has 6 nitrogen and oxygen atoms in total. The Morgan fingerprint density at radius 3 is 2.50 bits per heavy atom. The summed E-state index contributed by atoms with van der Waals surface area (Å²) in [5, 5.41) is 25.2. The van der Waals surface area contributed by atoms with E-state index >= 15 is 0 Å². The van der Waals surface area contributed by atoms with E-state index in [4.69, 9.17) is 11.6 Å². The number of hydrogen-bond donors (Lipinski definition) is 3. The number of nitrogens with one attached hydrogen (secondary N) is 1. The van der Waals surface area contributed by atoms with Crippen molar-refractivity contribution >= 4 is 17.3 Å². The van der Waals surface area contributed by atoms with Gasteiger partial charge in [-0.3, -0.25) is 4.79 Å². The van der Waals surface area contributed by atoms with Crippen LogP contribution < -0.4 is 10.9 Å². The van der Waals surface area contributed by atoms with Crippen LogP contribution in [0.2, 0.25) is 5.02 Å². The molecule has 7 heteroatoms. The first kappa shape index (κ1) is 14.9. The van der Waals surface area contributed by atoms with Crippen LogP contribution in [-0.2, 0) is 0 Å². The largest absolute Gasteiger partial charge is 0.394 e. The minimum atomic E-state index is -0.957. The Kier molecular flexibility index (Phi) is 4.72. The third-order valence-corrected chi connectivity index (χ3v) is 2.93. The number of anilines is 1. The van der Waals surface area contributed by atoms with E-state index in [0.29, 0.717) is 5.69 Å². The van der Waals surface area contributed by atoms with Crippen molar-refractivity contribution in [3.8, 4) is 0 Å². The summed E-state index contributed by atoms with van der Waals surface area (Å²) in [6, 6.07) is -0.0916. The van der Waals surface area contributed by atoms with Crippen molar-refractivity contribution in [3.63, 3.8) is 0 Å². The van der Waals surface area contributed by atoms with Crippen LogP contribution in [0, 0.1) is 0 Å². The van der Waals surface area contributed by atoms with Gasteiger partial charge in [-0.1, -0.05) is 11.6 Å². The SMILES string of the molecule is CC(C)n1ncc(NC(C)(CO)CO)c(Cl)c1=O. The van der Waals surface area contributed by atoms with E-state index in [1.54, 1.807) is 6.92 Å². The van der Waals surface area contributed by atoms with Crippen LogP contribution in [0.5, 0.6) is 0 Å². The van der Waals surface area contributed by atoms with E-state index in [1.165, 1.54) is 10.9 Å². The third kappa shape index (κ3) is 3.01. The van der Waals surface area contributed by atoms with E-state index in [0.717, 1.165) is 0 Å². The van der Waals surface area contributed by atoms with Crippen molar-refractivity contribution in [1.82, 2.24) is 9.78 Å². The highest BCUT2D eigenvalue weighted by atomic mass is 35.5. The highest BCUT2D eigenvalue weighted by molar-refractivity contribution is 6.32. The number of halogens is 1. The Balaban J connectivity index is 3.14. The summed E-state index contributed by atoms with van der Waals surface area (Å²) in [6.07, 6.45) is 1.41. The molecule has 0 saturated heterocycles. The van der Waals surface area contributed by atoms with Gasteiger partial charge in [-0.15, -0.1) is 0 Å². The topological polar surface area (TPSA) is 87.4 Å². The maximum atomic E-state index is 11.9. The Morgan fingerprint density at radius 1 is 1.50 bits per heavy atom. The predicted molar refractivity (Wildman–Crippen MR) is 70.1 cm³/mol. The van der Waals surface area contributed by atoms with E-state index in [9.17, 15) is 15.0 Å². The first-order valence-corrected chi connectivity index (χ1v) is 5.99. The van der Waals surface area contributed by atoms with Gasteiger partial charge in [0.25, 0.3) is 5.56 Å². The summed E-state index contributed by atoms with van der Waals surface area (Å²) in [6.45, 7) is 4.66. The molecular formula is C11H18ClN3O3. The molecule has 1 heterocycles. The van der Waals surface area contributed by atoms with Gasteiger partial charge in [0.1, 0.15) is 5.02 Å². The molecule has 0 bridgehead atoms. The minimum absolute atomic E-state index is 0.00757. The Labute approximate surface area is 110 Å². The number of aliphatic hydroxyl groups is 2. The Morgan fingerprint density at radius 2 is 2.06 bits per heavy atom. The quantitative estimate of drug-likeness (QED) is 0.734. The van der Waals surface area contributed by atoms with Gasteiger partial charge < -0.3 is 15.5 Å². The fourth-order valence-corrected chi connectivity index (χ4v) is 1.54. The van der Waals surface area contributed by atoms with Crippen molar-refractivity contribution in [2.45, 2.75) is 32.4 Å². The van der Waals surface area contributed by atoms with Gasteiger partial charge in [0.05, 0.1) is 36.7 Å². The van der Waals surface area contributed by atoms with Crippen molar-refractivity contribution in [2.75, 3.05) is 18.5 Å². The molecule has 0 atom stereocenters. The minimum Gasteiger partial charge on any atom is -0.394 e. The van der Waals surface area contributed by atoms with Crippen LogP contribution in [0.25, 0.3) is 0 Å². The average molecular weight is 276 g/mol. The van der Waals surface area contributed by atoms with Crippen LogP contribution in [-0.4, -0.2) is 38.7 Å². The van der Waals surface area contributed by atoms with Crippen LogP contribution in [0.3, 0.4) is 0 Å². The normalized spacial score (nSPS) is 11.9. The molecule has 0 aromatic carbocycles. The van der Waals surface area contributed by atoms with Crippen molar-refractivity contribution in [2.24, 2.45) is 0 Å². The fraction of sp³-hybridized carbons (Fsp3) is 0.636. The van der Waals surface area contributed by atoms with Gasteiger partial charge in [0, 0.05) is 0 Å². The zero-order valence-electron chi connectivity index (χ0n) is 10.6. The Bertz CT molecular complexity index is 469. The van der Waals surface area contributed by atoms with Crippen LogP contribution in [0.4, 0.5) is 5.69 Å².